The van der Waals surface area contributed by atoms with Crippen molar-refractivity contribution in [3.63, 3.8) is 0 Å². The van der Waals surface area contributed by atoms with Crippen molar-refractivity contribution >= 4 is 45.9 Å². The molecule has 3 rings (SSSR count). The van der Waals surface area contributed by atoms with Crippen molar-refractivity contribution in [2.24, 2.45) is 0 Å². The summed E-state index contributed by atoms with van der Waals surface area (Å²) < 4.78 is 5.68. The molecule has 0 radical (unpaired) electrons. The Bertz CT molecular complexity index is 843. The molecule has 1 amide bonds. The van der Waals surface area contributed by atoms with Gasteiger partial charge in [-0.05, 0) is 36.4 Å². The Balaban J connectivity index is 2.06. The molecule has 0 bridgehead atoms. The predicted octanol–water partition coefficient (Wildman–Crippen LogP) is 4.76. The lowest BCUT2D eigenvalue weighted by molar-refractivity contribution is -0.114. The highest BCUT2D eigenvalue weighted by atomic mass is 35.5. The van der Waals surface area contributed by atoms with Gasteiger partial charge in [0.1, 0.15) is 5.52 Å². The maximum Gasteiger partial charge on any atom is 0.228 e. The molecule has 0 atom stereocenters. The van der Waals surface area contributed by atoms with E-state index in [0.29, 0.717) is 38.3 Å². The average Bonchev–Trinajstić information content (AvgIpc) is 2.80. The maximum atomic E-state index is 11.1. The zero-order valence-corrected chi connectivity index (χ0v) is 12.5. The summed E-state index contributed by atoms with van der Waals surface area (Å²) in [4.78, 5) is 15.5. The predicted molar refractivity (Wildman–Crippen MR) is 83.8 cm³/mol. The molecular formula is C15H10Cl2N2O2. The molecule has 0 spiro atoms. The molecule has 2 aromatic carbocycles. The summed E-state index contributed by atoms with van der Waals surface area (Å²) >= 11 is 12.0. The third kappa shape index (κ3) is 2.86. The van der Waals surface area contributed by atoms with Crippen LogP contribution in [0.15, 0.2) is 40.8 Å². The largest absolute Gasteiger partial charge is 0.436 e. The van der Waals surface area contributed by atoms with E-state index in [0.717, 1.165) is 0 Å². The smallest absolute Gasteiger partial charge is 0.228 e. The number of carbonyl (C=O) groups excluding carboxylic acids is 1. The highest BCUT2D eigenvalue weighted by molar-refractivity contribution is 6.36. The van der Waals surface area contributed by atoms with Crippen molar-refractivity contribution in [1.29, 1.82) is 0 Å². The van der Waals surface area contributed by atoms with Crippen LogP contribution in [0.1, 0.15) is 6.92 Å². The lowest BCUT2D eigenvalue weighted by Crippen LogP contribution is -2.05. The number of carbonyl (C=O) groups is 1. The van der Waals surface area contributed by atoms with E-state index in [4.69, 9.17) is 27.6 Å². The third-order valence-electron chi connectivity index (χ3n) is 2.87. The van der Waals surface area contributed by atoms with Crippen molar-refractivity contribution < 1.29 is 9.21 Å². The molecule has 6 heteroatoms. The number of fused-ring (bicyclic) bond motifs is 1. The van der Waals surface area contributed by atoms with Crippen LogP contribution in [0.3, 0.4) is 0 Å². The molecule has 0 aliphatic rings. The van der Waals surface area contributed by atoms with E-state index < -0.39 is 0 Å². The number of rotatable bonds is 2. The van der Waals surface area contributed by atoms with E-state index in [2.05, 4.69) is 10.3 Å². The number of oxazole rings is 1. The number of anilines is 1. The second kappa shape index (κ2) is 5.39. The van der Waals surface area contributed by atoms with Crippen LogP contribution < -0.4 is 5.32 Å². The van der Waals surface area contributed by atoms with Crippen molar-refractivity contribution in [2.75, 3.05) is 5.32 Å². The molecule has 0 aliphatic carbocycles. The van der Waals surface area contributed by atoms with Gasteiger partial charge in [-0.3, -0.25) is 4.79 Å². The number of benzene rings is 2. The van der Waals surface area contributed by atoms with Gasteiger partial charge in [-0.25, -0.2) is 4.98 Å². The molecule has 4 nitrogen and oxygen atoms in total. The van der Waals surface area contributed by atoms with Crippen LogP contribution in [0.5, 0.6) is 0 Å². The Hall–Kier alpha value is -2.04. The van der Waals surface area contributed by atoms with Gasteiger partial charge in [0.15, 0.2) is 5.58 Å². The lowest BCUT2D eigenvalue weighted by atomic mass is 10.2. The van der Waals surface area contributed by atoms with Gasteiger partial charge in [0.05, 0.1) is 10.6 Å². The minimum absolute atomic E-state index is 0.140. The minimum atomic E-state index is -0.140. The Morgan fingerprint density at radius 2 is 2.00 bits per heavy atom. The summed E-state index contributed by atoms with van der Waals surface area (Å²) in [5, 5.41) is 3.72. The number of nitrogens with zero attached hydrogens (tertiary/aromatic N) is 1. The van der Waals surface area contributed by atoms with Crippen LogP contribution in [0.25, 0.3) is 22.6 Å². The van der Waals surface area contributed by atoms with Crippen molar-refractivity contribution in [2.45, 2.75) is 6.92 Å². The van der Waals surface area contributed by atoms with Gasteiger partial charge in [-0.15, -0.1) is 0 Å². The zero-order valence-electron chi connectivity index (χ0n) is 11.0. The lowest BCUT2D eigenvalue weighted by Gasteiger charge is -1.99. The number of aromatic nitrogens is 1. The van der Waals surface area contributed by atoms with E-state index >= 15 is 0 Å². The van der Waals surface area contributed by atoms with Gasteiger partial charge in [0, 0.05) is 17.6 Å². The van der Waals surface area contributed by atoms with E-state index in [1.165, 1.54) is 6.92 Å². The van der Waals surface area contributed by atoms with Crippen LogP contribution in [0.4, 0.5) is 5.69 Å². The summed E-state index contributed by atoms with van der Waals surface area (Å²) in [5.41, 5.74) is 2.59. The normalized spacial score (nSPS) is 10.8. The summed E-state index contributed by atoms with van der Waals surface area (Å²) in [5.74, 6) is 0.269. The summed E-state index contributed by atoms with van der Waals surface area (Å²) in [6, 6.07) is 10.4. The molecule has 0 aliphatic heterocycles. The monoisotopic (exact) mass is 320 g/mol. The Labute approximate surface area is 130 Å². The molecule has 0 unspecified atom stereocenters. The molecule has 1 heterocycles. The second-order valence-electron chi connectivity index (χ2n) is 4.51. The Kier molecular flexibility index (Phi) is 3.57. The number of hydrogen-bond acceptors (Lipinski definition) is 3. The summed E-state index contributed by atoms with van der Waals surface area (Å²) in [6.45, 7) is 1.45. The molecule has 106 valence electrons. The summed E-state index contributed by atoms with van der Waals surface area (Å²) in [6.07, 6.45) is 0. The van der Waals surface area contributed by atoms with E-state index in [-0.39, 0.29) is 5.91 Å². The highest BCUT2D eigenvalue weighted by Gasteiger charge is 2.12. The van der Waals surface area contributed by atoms with Crippen molar-refractivity contribution in [1.82, 2.24) is 4.98 Å². The zero-order chi connectivity index (χ0) is 15.0. The first-order valence-corrected chi connectivity index (χ1v) is 6.92. The molecule has 0 saturated carbocycles. The van der Waals surface area contributed by atoms with Crippen molar-refractivity contribution in [3.8, 4) is 11.5 Å². The first-order valence-electron chi connectivity index (χ1n) is 6.16. The first-order chi connectivity index (χ1) is 10.0. The standard InChI is InChI=1S/C15H10Cl2N2O2/c1-8(20)18-10-3-5-14-13(7-10)19-15(21-14)11-4-2-9(16)6-12(11)17/h2-7H,1H3,(H,18,20). The molecule has 0 saturated heterocycles. The number of hydrogen-bond donors (Lipinski definition) is 1. The van der Waals surface area contributed by atoms with Crippen LogP contribution in [0, 0.1) is 0 Å². The van der Waals surface area contributed by atoms with Gasteiger partial charge in [0.2, 0.25) is 11.8 Å². The molecule has 21 heavy (non-hydrogen) atoms. The highest BCUT2D eigenvalue weighted by Crippen LogP contribution is 2.32. The number of amides is 1. The summed E-state index contributed by atoms with van der Waals surface area (Å²) in [7, 11) is 0. The SMILES string of the molecule is CC(=O)Nc1ccc2oc(-c3ccc(Cl)cc3Cl)nc2c1. The minimum Gasteiger partial charge on any atom is -0.436 e. The van der Waals surface area contributed by atoms with Gasteiger partial charge in [-0.2, -0.15) is 0 Å². The number of halogens is 2. The molecule has 1 N–H and O–H groups in total. The van der Waals surface area contributed by atoms with Crippen molar-refractivity contribution in [3.05, 3.63) is 46.4 Å². The van der Waals surface area contributed by atoms with Gasteiger partial charge in [0.25, 0.3) is 0 Å². The van der Waals surface area contributed by atoms with Crippen LogP contribution in [-0.4, -0.2) is 10.9 Å². The second-order valence-corrected chi connectivity index (χ2v) is 5.35. The average molecular weight is 321 g/mol. The van der Waals surface area contributed by atoms with E-state index in [1.807, 2.05) is 0 Å². The number of nitrogens with one attached hydrogen (secondary N) is 1. The molecule has 3 aromatic rings. The van der Waals surface area contributed by atoms with Crippen LogP contribution >= 0.6 is 23.2 Å². The van der Waals surface area contributed by atoms with E-state index in [9.17, 15) is 4.79 Å². The fourth-order valence-electron chi connectivity index (χ4n) is 1.99. The van der Waals surface area contributed by atoms with E-state index in [1.54, 1.807) is 36.4 Å². The van der Waals surface area contributed by atoms with Gasteiger partial charge in [-0.1, -0.05) is 23.2 Å². The Morgan fingerprint density at radius 3 is 2.71 bits per heavy atom. The van der Waals surface area contributed by atoms with Gasteiger partial charge >= 0.3 is 0 Å². The topological polar surface area (TPSA) is 55.1 Å². The van der Waals surface area contributed by atoms with Crippen LogP contribution in [0.2, 0.25) is 10.0 Å². The fraction of sp³-hybridized carbons (Fsp3) is 0.0667. The maximum absolute atomic E-state index is 11.1. The first kappa shape index (κ1) is 13.9. The Morgan fingerprint density at radius 1 is 1.19 bits per heavy atom. The fourth-order valence-corrected chi connectivity index (χ4v) is 2.48. The van der Waals surface area contributed by atoms with Gasteiger partial charge < -0.3 is 9.73 Å². The molecule has 1 aromatic heterocycles. The van der Waals surface area contributed by atoms with Crippen LogP contribution in [-0.2, 0) is 4.79 Å². The molecular weight excluding hydrogens is 311 g/mol. The third-order valence-corrected chi connectivity index (χ3v) is 3.42. The quantitative estimate of drug-likeness (QED) is 0.740. The molecule has 0 fully saturated rings.